The average Bonchev–Trinajstić information content (AvgIpc) is 2.88. The summed E-state index contributed by atoms with van der Waals surface area (Å²) in [7, 11) is 0. The highest BCUT2D eigenvalue weighted by Gasteiger charge is 2.12. The number of pyridine rings is 1. The van der Waals surface area contributed by atoms with E-state index in [0.29, 0.717) is 5.69 Å². The summed E-state index contributed by atoms with van der Waals surface area (Å²) in [5.41, 5.74) is 2.40. The first-order chi connectivity index (χ1) is 9.15. The predicted molar refractivity (Wildman–Crippen MR) is 68.9 cm³/mol. The molecule has 1 aromatic carbocycles. The number of aromatic nitrogens is 2. The van der Waals surface area contributed by atoms with Crippen LogP contribution in [-0.2, 0) is 0 Å². The Hall–Kier alpha value is -2.69. The first-order valence-corrected chi connectivity index (χ1v) is 5.70. The minimum atomic E-state index is -1.13. The molecule has 5 nitrogen and oxygen atoms in total. The summed E-state index contributed by atoms with van der Waals surface area (Å²) < 4.78 is 4.75. The van der Waals surface area contributed by atoms with Crippen molar-refractivity contribution >= 4 is 16.7 Å². The van der Waals surface area contributed by atoms with Gasteiger partial charge in [-0.2, -0.15) is 0 Å². The highest BCUT2D eigenvalue weighted by atomic mass is 16.5. The van der Waals surface area contributed by atoms with E-state index in [-0.39, 0.29) is 5.76 Å². The molecule has 2 heterocycles. The van der Waals surface area contributed by atoms with E-state index in [1.165, 1.54) is 6.07 Å². The number of hydrogen-bond acceptors (Lipinski definition) is 4. The SMILES string of the molecule is Cc1cncc2cc(-c3cc(C(=O)O)on3)ccc12. The normalized spacial score (nSPS) is 10.8. The van der Waals surface area contributed by atoms with E-state index in [9.17, 15) is 4.79 Å². The van der Waals surface area contributed by atoms with E-state index in [4.69, 9.17) is 9.63 Å². The fraction of sp³-hybridized carbons (Fsp3) is 0.0714. The number of rotatable bonds is 2. The zero-order chi connectivity index (χ0) is 13.4. The third-order valence-electron chi connectivity index (χ3n) is 2.97. The van der Waals surface area contributed by atoms with Gasteiger partial charge in [0.2, 0.25) is 5.76 Å². The molecule has 0 aliphatic carbocycles. The van der Waals surface area contributed by atoms with Crippen LogP contribution in [0.1, 0.15) is 16.1 Å². The van der Waals surface area contributed by atoms with E-state index < -0.39 is 5.97 Å². The number of hydrogen-bond donors (Lipinski definition) is 1. The first-order valence-electron chi connectivity index (χ1n) is 5.70. The van der Waals surface area contributed by atoms with Gasteiger partial charge in [0.1, 0.15) is 5.69 Å². The van der Waals surface area contributed by atoms with Crippen molar-refractivity contribution < 1.29 is 14.4 Å². The smallest absolute Gasteiger partial charge is 0.374 e. The molecule has 0 atom stereocenters. The van der Waals surface area contributed by atoms with Crippen molar-refractivity contribution in [3.05, 3.63) is 48.0 Å². The van der Waals surface area contributed by atoms with Crippen LogP contribution in [0.3, 0.4) is 0 Å². The summed E-state index contributed by atoms with van der Waals surface area (Å²) in [6.07, 6.45) is 3.57. The molecule has 0 aliphatic heterocycles. The minimum absolute atomic E-state index is 0.169. The van der Waals surface area contributed by atoms with Crippen molar-refractivity contribution in [3.8, 4) is 11.3 Å². The van der Waals surface area contributed by atoms with Crippen LogP contribution in [0.2, 0.25) is 0 Å². The Balaban J connectivity index is 2.12. The standard InChI is InChI=1S/C14H10N2O3/c1-8-6-15-7-10-4-9(2-3-11(8)10)12-5-13(14(17)18)19-16-12/h2-7H,1H3,(H,17,18). The Morgan fingerprint density at radius 1 is 1.26 bits per heavy atom. The van der Waals surface area contributed by atoms with Crippen molar-refractivity contribution in [3.63, 3.8) is 0 Å². The zero-order valence-corrected chi connectivity index (χ0v) is 10.1. The van der Waals surface area contributed by atoms with Crippen LogP contribution >= 0.6 is 0 Å². The molecule has 5 heteroatoms. The lowest BCUT2D eigenvalue weighted by Gasteiger charge is -2.02. The number of fused-ring (bicyclic) bond motifs is 1. The van der Waals surface area contributed by atoms with Crippen LogP contribution in [0.15, 0.2) is 41.2 Å². The molecule has 0 aliphatic rings. The number of carboxylic acid groups (broad SMARTS) is 1. The van der Waals surface area contributed by atoms with Crippen LogP contribution in [0, 0.1) is 6.92 Å². The van der Waals surface area contributed by atoms with Gasteiger partial charge in [0, 0.05) is 29.4 Å². The minimum Gasteiger partial charge on any atom is -0.475 e. The summed E-state index contributed by atoms with van der Waals surface area (Å²) in [5, 5.41) is 14.7. The molecule has 1 N–H and O–H groups in total. The molecule has 3 rings (SSSR count). The fourth-order valence-corrected chi connectivity index (χ4v) is 2.00. The summed E-state index contributed by atoms with van der Waals surface area (Å²) >= 11 is 0. The van der Waals surface area contributed by atoms with E-state index >= 15 is 0 Å². The highest BCUT2D eigenvalue weighted by Crippen LogP contribution is 2.25. The van der Waals surface area contributed by atoms with Gasteiger partial charge in [0.25, 0.3) is 0 Å². The maximum Gasteiger partial charge on any atom is 0.374 e. The average molecular weight is 254 g/mol. The third-order valence-corrected chi connectivity index (χ3v) is 2.97. The van der Waals surface area contributed by atoms with Crippen LogP contribution in [0.4, 0.5) is 0 Å². The maximum absolute atomic E-state index is 10.8. The summed E-state index contributed by atoms with van der Waals surface area (Å²) in [6, 6.07) is 7.18. The van der Waals surface area contributed by atoms with Crippen LogP contribution in [0.25, 0.3) is 22.0 Å². The molecule has 2 aromatic heterocycles. The molecule has 0 radical (unpaired) electrons. The summed E-state index contributed by atoms with van der Waals surface area (Å²) in [5.74, 6) is -1.30. The maximum atomic E-state index is 10.8. The van der Waals surface area contributed by atoms with Gasteiger partial charge >= 0.3 is 5.97 Å². The third kappa shape index (κ3) is 1.95. The van der Waals surface area contributed by atoms with E-state index in [1.807, 2.05) is 25.1 Å². The molecule has 0 spiro atoms. The molecule has 0 saturated carbocycles. The second-order valence-corrected chi connectivity index (χ2v) is 4.27. The number of carbonyl (C=O) groups is 1. The number of carboxylic acids is 1. The molecule has 0 unspecified atom stereocenters. The van der Waals surface area contributed by atoms with Crippen molar-refractivity contribution in [1.29, 1.82) is 0 Å². The van der Waals surface area contributed by atoms with E-state index in [1.54, 1.807) is 12.4 Å². The molecule has 0 amide bonds. The van der Waals surface area contributed by atoms with Gasteiger partial charge in [-0.25, -0.2) is 4.79 Å². The molecule has 19 heavy (non-hydrogen) atoms. The van der Waals surface area contributed by atoms with Gasteiger partial charge in [-0.3, -0.25) is 4.98 Å². The fourth-order valence-electron chi connectivity index (χ4n) is 2.00. The number of nitrogens with zero attached hydrogens (tertiary/aromatic N) is 2. The Kier molecular flexibility index (Phi) is 2.52. The molecule has 0 bridgehead atoms. The molecule has 3 aromatic rings. The number of aryl methyl sites for hydroxylation is 1. The number of aromatic carboxylic acids is 1. The number of benzene rings is 1. The van der Waals surface area contributed by atoms with Crippen molar-refractivity contribution in [1.82, 2.24) is 10.1 Å². The van der Waals surface area contributed by atoms with Gasteiger partial charge < -0.3 is 9.63 Å². The Morgan fingerprint density at radius 2 is 2.11 bits per heavy atom. The quantitative estimate of drug-likeness (QED) is 0.760. The van der Waals surface area contributed by atoms with Gasteiger partial charge in [0.15, 0.2) is 0 Å². The Labute approximate surface area is 108 Å². The lowest BCUT2D eigenvalue weighted by atomic mass is 10.0. The summed E-state index contributed by atoms with van der Waals surface area (Å²) in [6.45, 7) is 1.99. The second kappa shape index (κ2) is 4.20. The molecular weight excluding hydrogens is 244 g/mol. The second-order valence-electron chi connectivity index (χ2n) is 4.27. The first kappa shape index (κ1) is 11.4. The molecular formula is C14H10N2O3. The van der Waals surface area contributed by atoms with Crippen LogP contribution in [0.5, 0.6) is 0 Å². The van der Waals surface area contributed by atoms with Crippen molar-refractivity contribution in [2.24, 2.45) is 0 Å². The van der Waals surface area contributed by atoms with Crippen LogP contribution in [-0.4, -0.2) is 21.2 Å². The van der Waals surface area contributed by atoms with Crippen molar-refractivity contribution in [2.75, 3.05) is 0 Å². The Bertz CT molecular complexity index is 777. The van der Waals surface area contributed by atoms with E-state index in [2.05, 4.69) is 10.1 Å². The Morgan fingerprint density at radius 3 is 2.84 bits per heavy atom. The predicted octanol–water partition coefficient (Wildman–Crippen LogP) is 2.90. The topological polar surface area (TPSA) is 76.2 Å². The molecule has 94 valence electrons. The van der Waals surface area contributed by atoms with Gasteiger partial charge in [-0.15, -0.1) is 0 Å². The molecule has 0 saturated heterocycles. The highest BCUT2D eigenvalue weighted by molar-refractivity contribution is 5.89. The monoisotopic (exact) mass is 254 g/mol. The van der Waals surface area contributed by atoms with Gasteiger partial charge in [0.05, 0.1) is 0 Å². The van der Waals surface area contributed by atoms with Gasteiger partial charge in [-0.1, -0.05) is 17.3 Å². The zero-order valence-electron chi connectivity index (χ0n) is 10.1. The molecule has 0 fully saturated rings. The van der Waals surface area contributed by atoms with E-state index in [0.717, 1.165) is 21.9 Å². The lowest BCUT2D eigenvalue weighted by molar-refractivity contribution is 0.0652. The van der Waals surface area contributed by atoms with Crippen LogP contribution < -0.4 is 0 Å². The summed E-state index contributed by atoms with van der Waals surface area (Å²) in [4.78, 5) is 14.9. The lowest BCUT2D eigenvalue weighted by Crippen LogP contribution is -1.91. The van der Waals surface area contributed by atoms with Gasteiger partial charge in [-0.05, 0) is 23.9 Å². The largest absolute Gasteiger partial charge is 0.475 e. The van der Waals surface area contributed by atoms with Crippen molar-refractivity contribution in [2.45, 2.75) is 6.92 Å².